The lowest BCUT2D eigenvalue weighted by atomic mass is 9.91. The van der Waals surface area contributed by atoms with Crippen molar-refractivity contribution in [1.29, 1.82) is 0 Å². The summed E-state index contributed by atoms with van der Waals surface area (Å²) in [5, 5.41) is 0. The van der Waals surface area contributed by atoms with Crippen LogP contribution >= 0.6 is 0 Å². The molecule has 0 bridgehead atoms. The number of carbonyl (C=O) groups is 2. The Labute approximate surface area is 306 Å². The smallest absolute Gasteiger partial charge is 0.306 e. The molecule has 0 heterocycles. The molecule has 4 nitrogen and oxygen atoms in total. The third-order valence-corrected chi connectivity index (χ3v) is 10.4. The van der Waals surface area contributed by atoms with Crippen LogP contribution in [0, 0.1) is 35.5 Å². The van der Waals surface area contributed by atoms with E-state index in [1.807, 2.05) is 12.2 Å². The molecule has 0 fully saturated rings. The highest BCUT2D eigenvalue weighted by Gasteiger charge is 2.10. The van der Waals surface area contributed by atoms with Crippen LogP contribution in [0.5, 0.6) is 0 Å². The van der Waals surface area contributed by atoms with Crippen LogP contribution in [-0.4, -0.2) is 25.2 Å². The number of hydrogen-bond acceptors (Lipinski definition) is 4. The minimum absolute atomic E-state index is 0.245. The fraction of sp³-hybridized carbons (Fsp3) is 0.867. The number of hydrogen-bond donors (Lipinski definition) is 0. The fourth-order valence-corrected chi connectivity index (χ4v) is 6.69. The quantitative estimate of drug-likeness (QED) is 0.0521. The lowest BCUT2D eigenvalue weighted by Gasteiger charge is -2.15. The average molecular weight is 689 g/mol. The minimum atomic E-state index is -0.245. The van der Waals surface area contributed by atoms with Gasteiger partial charge in [-0.2, -0.15) is 0 Å². The van der Waals surface area contributed by atoms with Gasteiger partial charge in [-0.1, -0.05) is 156 Å². The van der Waals surface area contributed by atoms with Crippen molar-refractivity contribution in [1.82, 2.24) is 0 Å². The van der Waals surface area contributed by atoms with E-state index < -0.39 is 0 Å². The van der Waals surface area contributed by atoms with Crippen molar-refractivity contribution in [3.8, 4) is 0 Å². The van der Waals surface area contributed by atoms with Crippen molar-refractivity contribution in [3.05, 3.63) is 23.3 Å². The van der Waals surface area contributed by atoms with Gasteiger partial charge >= 0.3 is 11.9 Å². The summed E-state index contributed by atoms with van der Waals surface area (Å²) in [5.74, 6) is 4.43. The van der Waals surface area contributed by atoms with Crippen molar-refractivity contribution in [2.24, 2.45) is 35.5 Å². The van der Waals surface area contributed by atoms with E-state index >= 15 is 0 Å². The third kappa shape index (κ3) is 33.3. The Kier molecular flexibility index (Phi) is 30.2. The van der Waals surface area contributed by atoms with E-state index in [-0.39, 0.29) is 24.8 Å². The molecule has 4 heteroatoms. The summed E-state index contributed by atoms with van der Waals surface area (Å²) in [6.45, 7) is 23.8. The molecular weight excluding hydrogens is 604 g/mol. The fourth-order valence-electron chi connectivity index (χ4n) is 6.69. The van der Waals surface area contributed by atoms with Gasteiger partial charge in [-0.3, -0.25) is 9.59 Å². The molecule has 288 valence electrons. The zero-order valence-electron chi connectivity index (χ0n) is 34.5. The Morgan fingerprint density at radius 3 is 1.00 bits per heavy atom. The molecule has 0 saturated heterocycles. The topological polar surface area (TPSA) is 52.6 Å². The van der Waals surface area contributed by atoms with E-state index in [9.17, 15) is 9.59 Å². The predicted molar refractivity (Wildman–Crippen MR) is 213 cm³/mol. The molecule has 4 atom stereocenters. The van der Waals surface area contributed by atoms with Crippen LogP contribution in [0.25, 0.3) is 0 Å². The van der Waals surface area contributed by atoms with Gasteiger partial charge in [0.2, 0.25) is 0 Å². The molecule has 0 aliphatic heterocycles. The second kappa shape index (κ2) is 31.2. The van der Waals surface area contributed by atoms with Crippen LogP contribution in [0.2, 0.25) is 0 Å². The molecule has 0 aromatic rings. The number of ether oxygens (including phenoxy) is 2. The molecule has 49 heavy (non-hydrogen) atoms. The van der Waals surface area contributed by atoms with E-state index in [2.05, 4.69) is 69.2 Å². The summed E-state index contributed by atoms with van der Waals surface area (Å²) in [7, 11) is 0. The highest BCUT2D eigenvalue weighted by atomic mass is 16.5. The van der Waals surface area contributed by atoms with E-state index in [0.717, 1.165) is 48.3 Å². The molecule has 0 aromatic heterocycles. The Balaban J connectivity index is 3.86. The van der Waals surface area contributed by atoms with Crippen LogP contribution in [0.4, 0.5) is 0 Å². The van der Waals surface area contributed by atoms with Crippen molar-refractivity contribution in [3.63, 3.8) is 0 Å². The normalized spacial score (nSPS) is 15.0. The molecule has 0 spiro atoms. The van der Waals surface area contributed by atoms with Gasteiger partial charge in [0.05, 0.1) is 0 Å². The molecule has 0 saturated carbocycles. The highest BCUT2D eigenvalue weighted by Crippen LogP contribution is 2.23. The molecule has 0 aliphatic carbocycles. The summed E-state index contributed by atoms with van der Waals surface area (Å²) in [5.41, 5.74) is 2.57. The van der Waals surface area contributed by atoms with E-state index in [4.69, 9.17) is 9.47 Å². The van der Waals surface area contributed by atoms with Crippen LogP contribution < -0.4 is 0 Å². The van der Waals surface area contributed by atoms with Gasteiger partial charge in [-0.25, -0.2) is 0 Å². The monoisotopic (exact) mass is 689 g/mol. The summed E-state index contributed by atoms with van der Waals surface area (Å²) < 4.78 is 10.8. The third-order valence-electron chi connectivity index (χ3n) is 10.4. The van der Waals surface area contributed by atoms with Gasteiger partial charge in [-0.05, 0) is 93.6 Å². The zero-order valence-corrected chi connectivity index (χ0v) is 34.5. The molecule has 0 radical (unpaired) electrons. The molecule has 0 amide bonds. The highest BCUT2D eigenvalue weighted by molar-refractivity contribution is 5.72. The van der Waals surface area contributed by atoms with E-state index in [0.29, 0.717) is 19.6 Å². The molecule has 0 aromatic carbocycles. The Morgan fingerprint density at radius 2 is 0.694 bits per heavy atom. The number of allylic oxidation sites excluding steroid dienone is 2. The van der Waals surface area contributed by atoms with Gasteiger partial charge in [0.25, 0.3) is 0 Å². The van der Waals surface area contributed by atoms with Gasteiger partial charge in [0, 0.05) is 12.8 Å². The molecule has 4 unspecified atom stereocenters. The van der Waals surface area contributed by atoms with Crippen molar-refractivity contribution < 1.29 is 19.1 Å². The number of rotatable bonds is 32. The van der Waals surface area contributed by atoms with Gasteiger partial charge in [-0.15, -0.1) is 0 Å². The van der Waals surface area contributed by atoms with Crippen LogP contribution in [0.15, 0.2) is 23.3 Å². The van der Waals surface area contributed by atoms with Crippen LogP contribution in [0.3, 0.4) is 0 Å². The van der Waals surface area contributed by atoms with E-state index in [1.54, 1.807) is 0 Å². The summed E-state index contributed by atoms with van der Waals surface area (Å²) >= 11 is 0. The van der Waals surface area contributed by atoms with Crippen molar-refractivity contribution >= 4 is 11.9 Å². The van der Waals surface area contributed by atoms with Gasteiger partial charge in [0.1, 0.15) is 13.2 Å². The van der Waals surface area contributed by atoms with E-state index in [1.165, 1.54) is 114 Å². The first-order valence-electron chi connectivity index (χ1n) is 20.9. The first-order valence-corrected chi connectivity index (χ1v) is 20.9. The molecular formula is C45H84O4. The first kappa shape index (κ1) is 47.4. The zero-order chi connectivity index (χ0) is 36.9. The lowest BCUT2D eigenvalue weighted by molar-refractivity contribution is -0.144. The number of esters is 2. The predicted octanol–water partition coefficient (Wildman–Crippen LogP) is 14.0. The Bertz CT molecular complexity index is 799. The summed E-state index contributed by atoms with van der Waals surface area (Å²) in [6.07, 6.45) is 28.4. The van der Waals surface area contributed by atoms with Crippen molar-refractivity contribution in [2.75, 3.05) is 13.2 Å². The maximum Gasteiger partial charge on any atom is 0.306 e. The average Bonchev–Trinajstić information content (AvgIpc) is 3.00. The second-order valence-electron chi connectivity index (χ2n) is 17.0. The maximum absolute atomic E-state index is 12.1. The van der Waals surface area contributed by atoms with Gasteiger partial charge < -0.3 is 9.47 Å². The Hall–Kier alpha value is -1.58. The van der Waals surface area contributed by atoms with Crippen LogP contribution in [-0.2, 0) is 19.1 Å². The SMILES string of the molecule is CC(=CCOC(=O)CCCC(=O)OCC=C(C)CCCC(C)CCCC(C)CCCC(C)C)CCCC(C)CCCC(C)CCCC(C)C. The molecule has 0 rings (SSSR count). The van der Waals surface area contributed by atoms with Crippen molar-refractivity contribution in [2.45, 2.75) is 204 Å². The van der Waals surface area contributed by atoms with Gasteiger partial charge in [0.15, 0.2) is 0 Å². The molecule has 0 N–H and O–H groups in total. The second-order valence-corrected chi connectivity index (χ2v) is 17.0. The minimum Gasteiger partial charge on any atom is -0.461 e. The van der Waals surface area contributed by atoms with Crippen LogP contribution in [0.1, 0.15) is 204 Å². The maximum atomic E-state index is 12.1. The summed E-state index contributed by atoms with van der Waals surface area (Å²) in [4.78, 5) is 24.3. The Morgan fingerprint density at radius 1 is 0.408 bits per heavy atom. The standard InChI is InChI=1S/C45H84O4/c1-36(2)18-11-20-38(5)22-13-24-40(7)26-15-28-42(9)32-34-48-44(46)30-17-31-45(47)49-35-33-43(10)29-16-27-41(8)25-14-23-39(6)21-12-19-37(3)4/h32-33,36-41H,11-31,34-35H2,1-10H3. The lowest BCUT2D eigenvalue weighted by Crippen LogP contribution is -2.08. The summed E-state index contributed by atoms with van der Waals surface area (Å²) in [6, 6.07) is 0. The molecule has 0 aliphatic rings. The largest absolute Gasteiger partial charge is 0.461 e. The number of carbonyl (C=O) groups excluding carboxylic acids is 2. The first-order chi connectivity index (χ1) is 23.3.